The van der Waals surface area contributed by atoms with Crippen molar-refractivity contribution in [1.29, 1.82) is 0 Å². The van der Waals surface area contributed by atoms with E-state index in [2.05, 4.69) is 0 Å². The molecule has 19 heavy (non-hydrogen) atoms. The van der Waals surface area contributed by atoms with Crippen LogP contribution >= 0.6 is 0 Å². The van der Waals surface area contributed by atoms with Crippen LogP contribution in [-0.2, 0) is 21.3 Å². The van der Waals surface area contributed by atoms with Gasteiger partial charge in [0.05, 0.1) is 18.1 Å². The summed E-state index contributed by atoms with van der Waals surface area (Å²) >= 11 is 0. The minimum Gasteiger partial charge on any atom is -0.378 e. The normalized spacial score (nSPS) is 21.5. The molecule has 1 atom stereocenters. The minimum atomic E-state index is -3.74. The predicted octanol–water partition coefficient (Wildman–Crippen LogP) is 0.694. The van der Waals surface area contributed by atoms with Gasteiger partial charge in [-0.05, 0) is 24.6 Å². The van der Waals surface area contributed by atoms with Crippen molar-refractivity contribution in [1.82, 2.24) is 4.31 Å². The highest BCUT2D eigenvalue weighted by molar-refractivity contribution is 7.89. The first-order valence-corrected chi connectivity index (χ1v) is 7.49. The lowest BCUT2D eigenvalue weighted by Crippen LogP contribution is -2.47. The SMILES string of the molecule is CC1COCCN1S(=O)(=O)c1cc(F)ccc1CN. The molecule has 106 valence electrons. The fourth-order valence-corrected chi connectivity index (χ4v) is 3.98. The van der Waals surface area contributed by atoms with Crippen LogP contribution in [0.3, 0.4) is 0 Å². The molecule has 0 spiro atoms. The van der Waals surface area contributed by atoms with Gasteiger partial charge >= 0.3 is 0 Å². The quantitative estimate of drug-likeness (QED) is 0.888. The van der Waals surface area contributed by atoms with E-state index >= 15 is 0 Å². The molecule has 1 aliphatic heterocycles. The molecule has 0 bridgehead atoms. The Hall–Kier alpha value is -1.02. The van der Waals surface area contributed by atoms with Crippen LogP contribution in [0.4, 0.5) is 4.39 Å². The fourth-order valence-electron chi connectivity index (χ4n) is 2.13. The first-order chi connectivity index (χ1) is 8.96. The Morgan fingerprint density at radius 3 is 2.89 bits per heavy atom. The Morgan fingerprint density at radius 2 is 2.26 bits per heavy atom. The Morgan fingerprint density at radius 1 is 1.53 bits per heavy atom. The van der Waals surface area contributed by atoms with E-state index in [0.717, 1.165) is 6.07 Å². The van der Waals surface area contributed by atoms with Crippen LogP contribution in [0.2, 0.25) is 0 Å². The number of nitrogens with two attached hydrogens (primary N) is 1. The summed E-state index contributed by atoms with van der Waals surface area (Å²) in [4.78, 5) is -0.0521. The molecule has 1 unspecified atom stereocenters. The number of hydrogen-bond acceptors (Lipinski definition) is 4. The number of nitrogens with zero attached hydrogens (tertiary/aromatic N) is 1. The average Bonchev–Trinajstić information content (AvgIpc) is 2.39. The number of halogens is 1. The first kappa shape index (κ1) is 14.4. The lowest BCUT2D eigenvalue weighted by molar-refractivity contribution is 0.0392. The number of hydrogen-bond donors (Lipinski definition) is 1. The van der Waals surface area contributed by atoms with Crippen LogP contribution in [-0.4, -0.2) is 38.5 Å². The smallest absolute Gasteiger partial charge is 0.243 e. The summed E-state index contributed by atoms with van der Waals surface area (Å²) in [6.45, 7) is 2.76. The van der Waals surface area contributed by atoms with Gasteiger partial charge in [-0.2, -0.15) is 4.31 Å². The van der Waals surface area contributed by atoms with Crippen LogP contribution in [0, 0.1) is 5.82 Å². The fraction of sp³-hybridized carbons (Fsp3) is 0.500. The second kappa shape index (κ2) is 5.54. The van der Waals surface area contributed by atoms with Crippen LogP contribution < -0.4 is 5.73 Å². The summed E-state index contributed by atoms with van der Waals surface area (Å²) in [7, 11) is -3.74. The number of rotatable bonds is 3. The molecule has 1 aromatic carbocycles. The molecular weight excluding hydrogens is 271 g/mol. The van der Waals surface area contributed by atoms with Gasteiger partial charge in [0.15, 0.2) is 0 Å². The highest BCUT2D eigenvalue weighted by Crippen LogP contribution is 2.24. The third-order valence-corrected chi connectivity index (χ3v) is 5.24. The summed E-state index contributed by atoms with van der Waals surface area (Å²) in [5, 5.41) is 0. The van der Waals surface area contributed by atoms with E-state index in [-0.39, 0.29) is 24.0 Å². The summed E-state index contributed by atoms with van der Waals surface area (Å²) < 4.78 is 45.0. The molecule has 2 N–H and O–H groups in total. The van der Waals surface area contributed by atoms with E-state index in [1.165, 1.54) is 16.4 Å². The van der Waals surface area contributed by atoms with Gasteiger partial charge in [-0.25, -0.2) is 12.8 Å². The van der Waals surface area contributed by atoms with E-state index in [4.69, 9.17) is 10.5 Å². The molecule has 0 amide bonds. The van der Waals surface area contributed by atoms with Crippen LogP contribution in [0.5, 0.6) is 0 Å². The largest absolute Gasteiger partial charge is 0.378 e. The molecule has 0 saturated carbocycles. The maximum Gasteiger partial charge on any atom is 0.243 e. The molecule has 1 saturated heterocycles. The average molecular weight is 288 g/mol. The molecule has 1 aliphatic rings. The van der Waals surface area contributed by atoms with Crippen molar-refractivity contribution in [2.24, 2.45) is 5.73 Å². The highest BCUT2D eigenvalue weighted by atomic mass is 32.2. The van der Waals surface area contributed by atoms with Crippen molar-refractivity contribution in [3.05, 3.63) is 29.6 Å². The van der Waals surface area contributed by atoms with E-state index in [0.29, 0.717) is 18.8 Å². The van der Waals surface area contributed by atoms with Crippen molar-refractivity contribution in [3.8, 4) is 0 Å². The standard InChI is InChI=1S/C12H17FN2O3S/c1-9-8-18-5-4-15(9)19(16,17)12-6-11(13)3-2-10(12)7-14/h2-3,6,9H,4-5,7-8,14H2,1H3. The second-order valence-corrected chi connectivity index (χ2v) is 6.35. The van der Waals surface area contributed by atoms with Crippen molar-refractivity contribution < 1.29 is 17.5 Å². The van der Waals surface area contributed by atoms with Crippen LogP contribution in [0.15, 0.2) is 23.1 Å². The van der Waals surface area contributed by atoms with E-state index in [1.54, 1.807) is 6.92 Å². The third kappa shape index (κ3) is 2.79. The van der Waals surface area contributed by atoms with Crippen molar-refractivity contribution in [3.63, 3.8) is 0 Å². The number of sulfonamides is 1. The molecule has 0 radical (unpaired) electrons. The van der Waals surface area contributed by atoms with Gasteiger partial charge in [-0.15, -0.1) is 0 Å². The monoisotopic (exact) mass is 288 g/mol. The highest BCUT2D eigenvalue weighted by Gasteiger charge is 2.33. The predicted molar refractivity (Wildman–Crippen MR) is 68.5 cm³/mol. The zero-order valence-corrected chi connectivity index (χ0v) is 11.5. The third-order valence-electron chi connectivity index (χ3n) is 3.14. The lowest BCUT2D eigenvalue weighted by atomic mass is 10.2. The van der Waals surface area contributed by atoms with Gasteiger partial charge in [0.1, 0.15) is 5.82 Å². The van der Waals surface area contributed by atoms with Gasteiger partial charge in [-0.3, -0.25) is 0 Å². The molecule has 1 heterocycles. The summed E-state index contributed by atoms with van der Waals surface area (Å²) in [6, 6.07) is 3.38. The summed E-state index contributed by atoms with van der Waals surface area (Å²) in [6.07, 6.45) is 0. The summed E-state index contributed by atoms with van der Waals surface area (Å²) in [5.41, 5.74) is 5.95. The molecular formula is C12H17FN2O3S. The minimum absolute atomic E-state index is 0.0492. The maximum atomic E-state index is 13.3. The topological polar surface area (TPSA) is 72.6 Å². The van der Waals surface area contributed by atoms with Crippen LogP contribution in [0.25, 0.3) is 0 Å². The molecule has 5 nitrogen and oxygen atoms in total. The Labute approximate surface area is 112 Å². The molecule has 7 heteroatoms. The van der Waals surface area contributed by atoms with E-state index in [1.807, 2.05) is 0 Å². The van der Waals surface area contributed by atoms with Gasteiger partial charge < -0.3 is 10.5 Å². The first-order valence-electron chi connectivity index (χ1n) is 6.05. The van der Waals surface area contributed by atoms with Crippen molar-refractivity contribution >= 4 is 10.0 Å². The number of morpholine rings is 1. The Kier molecular flexibility index (Phi) is 4.19. The zero-order valence-electron chi connectivity index (χ0n) is 10.7. The van der Waals surface area contributed by atoms with Gasteiger partial charge in [0.2, 0.25) is 10.0 Å². The number of benzene rings is 1. The zero-order chi connectivity index (χ0) is 14.0. The molecule has 0 aliphatic carbocycles. The molecule has 0 aromatic heterocycles. The van der Waals surface area contributed by atoms with E-state index < -0.39 is 15.8 Å². The Balaban J connectivity index is 2.46. The van der Waals surface area contributed by atoms with Gasteiger partial charge in [-0.1, -0.05) is 6.07 Å². The lowest BCUT2D eigenvalue weighted by Gasteiger charge is -2.32. The van der Waals surface area contributed by atoms with Crippen molar-refractivity contribution in [2.75, 3.05) is 19.8 Å². The van der Waals surface area contributed by atoms with E-state index in [9.17, 15) is 12.8 Å². The maximum absolute atomic E-state index is 13.3. The van der Waals surface area contributed by atoms with Crippen molar-refractivity contribution in [2.45, 2.75) is 24.4 Å². The van der Waals surface area contributed by atoms with Crippen LogP contribution in [0.1, 0.15) is 12.5 Å². The summed E-state index contributed by atoms with van der Waals surface area (Å²) in [5.74, 6) is -0.586. The Bertz CT molecular complexity index is 562. The second-order valence-electron chi connectivity index (χ2n) is 4.50. The molecule has 1 fully saturated rings. The van der Waals surface area contributed by atoms with Gasteiger partial charge in [0.25, 0.3) is 0 Å². The van der Waals surface area contributed by atoms with Gasteiger partial charge in [0, 0.05) is 19.1 Å². The molecule has 2 rings (SSSR count). The molecule has 1 aromatic rings. The number of ether oxygens (including phenoxy) is 1.